The van der Waals surface area contributed by atoms with E-state index in [9.17, 15) is 0 Å². The summed E-state index contributed by atoms with van der Waals surface area (Å²) in [6, 6.07) is 23.2. The predicted molar refractivity (Wildman–Crippen MR) is 147 cm³/mol. The lowest BCUT2D eigenvalue weighted by molar-refractivity contribution is 0.303. The predicted octanol–water partition coefficient (Wildman–Crippen LogP) is 5.80. The van der Waals surface area contributed by atoms with Gasteiger partial charge in [-0.2, -0.15) is 4.98 Å². The summed E-state index contributed by atoms with van der Waals surface area (Å²) in [5, 5.41) is 6.67. The van der Waals surface area contributed by atoms with Gasteiger partial charge in [0.1, 0.15) is 23.1 Å². The van der Waals surface area contributed by atoms with Crippen LogP contribution in [0.4, 0.5) is 23.3 Å². The summed E-state index contributed by atoms with van der Waals surface area (Å²) in [5.74, 6) is 3.11. The first-order valence-corrected chi connectivity index (χ1v) is 12.3. The van der Waals surface area contributed by atoms with Crippen molar-refractivity contribution in [3.8, 4) is 22.8 Å². The van der Waals surface area contributed by atoms with Gasteiger partial charge in [-0.1, -0.05) is 44.2 Å². The van der Waals surface area contributed by atoms with Crippen molar-refractivity contribution in [2.75, 3.05) is 42.5 Å². The van der Waals surface area contributed by atoms with Crippen LogP contribution in [0.15, 0.2) is 79.0 Å². The summed E-state index contributed by atoms with van der Waals surface area (Å²) in [6.45, 7) is 8.48. The second-order valence-electron chi connectivity index (χ2n) is 8.30. The number of ether oxygens (including phenoxy) is 1. The lowest BCUT2D eigenvalue weighted by Gasteiger charge is -2.17. The largest absolute Gasteiger partial charge is 0.457 e. The molecule has 4 aromatic rings. The fourth-order valence-electron chi connectivity index (χ4n) is 3.81. The fraction of sp³-hybridized carbons (Fsp3) is 0.250. The summed E-state index contributed by atoms with van der Waals surface area (Å²) in [7, 11) is 0. The molecule has 0 bridgehead atoms. The molecule has 2 aromatic carbocycles. The first kappa shape index (κ1) is 24.9. The van der Waals surface area contributed by atoms with E-state index < -0.39 is 0 Å². The van der Waals surface area contributed by atoms with Gasteiger partial charge in [0.15, 0.2) is 0 Å². The van der Waals surface area contributed by atoms with Crippen molar-refractivity contribution in [2.24, 2.45) is 0 Å². The standard InChI is InChI=1S/C28H33N7O/c1-3-35(4-2)18-8-16-30-26-19-24(15-17-31-26)36-23-13-11-22(12-14-23)32-27-20-25(33-28(29)34-27)21-9-6-5-7-10-21/h5-7,9-15,17,19-20H,3-4,8,16,18H2,1-2H3,(H,30,31)(H3,29,32,33,34). The summed E-state index contributed by atoms with van der Waals surface area (Å²) in [5.41, 5.74) is 8.55. The number of benzene rings is 2. The number of hydrogen-bond acceptors (Lipinski definition) is 8. The molecule has 4 rings (SSSR count). The maximum atomic E-state index is 6.04. The molecule has 0 spiro atoms. The van der Waals surface area contributed by atoms with Gasteiger partial charge in [0.2, 0.25) is 5.95 Å². The number of rotatable bonds is 12. The second-order valence-corrected chi connectivity index (χ2v) is 8.30. The van der Waals surface area contributed by atoms with Crippen LogP contribution in [0.3, 0.4) is 0 Å². The molecule has 2 heterocycles. The number of aromatic nitrogens is 3. The molecule has 0 saturated heterocycles. The van der Waals surface area contributed by atoms with Crippen LogP contribution in [-0.2, 0) is 0 Å². The van der Waals surface area contributed by atoms with Crippen molar-refractivity contribution in [1.82, 2.24) is 19.9 Å². The van der Waals surface area contributed by atoms with E-state index in [1.54, 1.807) is 6.20 Å². The summed E-state index contributed by atoms with van der Waals surface area (Å²) >= 11 is 0. The molecule has 0 unspecified atom stereocenters. The lowest BCUT2D eigenvalue weighted by Crippen LogP contribution is -2.25. The van der Waals surface area contributed by atoms with Gasteiger partial charge < -0.3 is 26.0 Å². The normalized spacial score (nSPS) is 10.9. The molecule has 0 radical (unpaired) electrons. The topological polar surface area (TPSA) is 101 Å². The van der Waals surface area contributed by atoms with Crippen molar-refractivity contribution < 1.29 is 4.74 Å². The average Bonchev–Trinajstić information content (AvgIpc) is 2.90. The highest BCUT2D eigenvalue weighted by molar-refractivity contribution is 5.67. The van der Waals surface area contributed by atoms with Gasteiger partial charge in [0.05, 0.1) is 5.69 Å². The zero-order valence-corrected chi connectivity index (χ0v) is 20.8. The van der Waals surface area contributed by atoms with Gasteiger partial charge in [0.25, 0.3) is 0 Å². The molecule has 0 aliphatic carbocycles. The summed E-state index contributed by atoms with van der Waals surface area (Å²) in [4.78, 5) is 15.5. The Kier molecular flexibility index (Phi) is 8.67. The molecule has 2 aromatic heterocycles. The van der Waals surface area contributed by atoms with E-state index in [0.29, 0.717) is 5.82 Å². The molecular formula is C28H33N7O. The quantitative estimate of drug-likeness (QED) is 0.217. The molecule has 8 heteroatoms. The highest BCUT2D eigenvalue weighted by atomic mass is 16.5. The van der Waals surface area contributed by atoms with Crippen LogP contribution >= 0.6 is 0 Å². The highest BCUT2D eigenvalue weighted by Crippen LogP contribution is 2.27. The van der Waals surface area contributed by atoms with Crippen molar-refractivity contribution in [3.63, 3.8) is 0 Å². The van der Waals surface area contributed by atoms with Gasteiger partial charge in [0, 0.05) is 36.1 Å². The van der Waals surface area contributed by atoms with Crippen LogP contribution < -0.4 is 21.1 Å². The summed E-state index contributed by atoms with van der Waals surface area (Å²) < 4.78 is 6.04. The zero-order valence-electron chi connectivity index (χ0n) is 20.8. The van der Waals surface area contributed by atoms with Gasteiger partial charge in [-0.05, 0) is 56.4 Å². The minimum Gasteiger partial charge on any atom is -0.457 e. The van der Waals surface area contributed by atoms with Crippen molar-refractivity contribution >= 4 is 23.3 Å². The molecule has 36 heavy (non-hydrogen) atoms. The Morgan fingerprint density at radius 1 is 0.861 bits per heavy atom. The minimum atomic E-state index is 0.217. The van der Waals surface area contributed by atoms with E-state index in [1.165, 1.54) is 0 Å². The third-order valence-electron chi connectivity index (χ3n) is 5.76. The summed E-state index contributed by atoms with van der Waals surface area (Å²) in [6.07, 6.45) is 2.82. The minimum absolute atomic E-state index is 0.217. The van der Waals surface area contributed by atoms with E-state index in [0.717, 1.165) is 66.9 Å². The second kappa shape index (κ2) is 12.5. The Morgan fingerprint density at radius 3 is 2.39 bits per heavy atom. The number of pyridine rings is 1. The van der Waals surface area contributed by atoms with Crippen LogP contribution in [0, 0.1) is 0 Å². The Labute approximate surface area is 212 Å². The van der Waals surface area contributed by atoms with Crippen molar-refractivity contribution in [1.29, 1.82) is 0 Å². The molecule has 0 atom stereocenters. The number of anilines is 4. The Balaban J connectivity index is 1.34. The SMILES string of the molecule is CCN(CC)CCCNc1cc(Oc2ccc(Nc3cc(-c4ccccc4)nc(N)n3)cc2)ccn1. The number of nitrogen functional groups attached to an aromatic ring is 1. The monoisotopic (exact) mass is 483 g/mol. The molecule has 0 amide bonds. The van der Waals surface area contributed by atoms with E-state index in [2.05, 4.69) is 44.3 Å². The highest BCUT2D eigenvalue weighted by Gasteiger charge is 2.06. The molecule has 0 aliphatic heterocycles. The van der Waals surface area contributed by atoms with Crippen molar-refractivity contribution in [3.05, 3.63) is 79.0 Å². The van der Waals surface area contributed by atoms with E-state index in [1.807, 2.05) is 72.8 Å². The average molecular weight is 484 g/mol. The Morgan fingerprint density at radius 2 is 1.64 bits per heavy atom. The van der Waals surface area contributed by atoms with Gasteiger partial charge >= 0.3 is 0 Å². The van der Waals surface area contributed by atoms with Crippen LogP contribution in [0.1, 0.15) is 20.3 Å². The van der Waals surface area contributed by atoms with Crippen LogP contribution in [0.25, 0.3) is 11.3 Å². The molecular weight excluding hydrogens is 450 g/mol. The van der Waals surface area contributed by atoms with Crippen LogP contribution in [0.5, 0.6) is 11.5 Å². The van der Waals surface area contributed by atoms with Crippen molar-refractivity contribution in [2.45, 2.75) is 20.3 Å². The third kappa shape index (κ3) is 7.16. The molecule has 186 valence electrons. The molecule has 8 nitrogen and oxygen atoms in total. The zero-order chi connectivity index (χ0) is 25.2. The maximum absolute atomic E-state index is 6.04. The van der Waals surface area contributed by atoms with E-state index in [-0.39, 0.29) is 5.95 Å². The molecule has 0 aliphatic rings. The van der Waals surface area contributed by atoms with Crippen LogP contribution in [-0.4, -0.2) is 46.0 Å². The molecule has 4 N–H and O–H groups in total. The number of hydrogen-bond donors (Lipinski definition) is 3. The smallest absolute Gasteiger partial charge is 0.222 e. The number of nitrogens with zero attached hydrogens (tertiary/aromatic N) is 4. The lowest BCUT2D eigenvalue weighted by atomic mass is 10.1. The van der Waals surface area contributed by atoms with Crippen LogP contribution in [0.2, 0.25) is 0 Å². The van der Waals surface area contributed by atoms with E-state index in [4.69, 9.17) is 10.5 Å². The first-order valence-electron chi connectivity index (χ1n) is 12.3. The third-order valence-corrected chi connectivity index (χ3v) is 5.76. The number of nitrogens with two attached hydrogens (primary N) is 1. The first-order chi connectivity index (χ1) is 17.6. The molecule has 0 fully saturated rings. The van der Waals surface area contributed by atoms with E-state index >= 15 is 0 Å². The fourth-order valence-corrected chi connectivity index (χ4v) is 3.81. The number of nitrogens with one attached hydrogen (secondary N) is 2. The molecule has 0 saturated carbocycles. The van der Waals surface area contributed by atoms with Gasteiger partial charge in [-0.25, -0.2) is 9.97 Å². The Bertz CT molecular complexity index is 1230. The Hall–Kier alpha value is -4.17. The van der Waals surface area contributed by atoms with Gasteiger partial charge in [-0.3, -0.25) is 0 Å². The van der Waals surface area contributed by atoms with Gasteiger partial charge in [-0.15, -0.1) is 0 Å². The maximum Gasteiger partial charge on any atom is 0.222 e.